The lowest BCUT2D eigenvalue weighted by Gasteiger charge is -2.03. The van der Waals surface area contributed by atoms with Crippen molar-refractivity contribution in [2.75, 3.05) is 0 Å². The van der Waals surface area contributed by atoms with E-state index in [1.165, 1.54) is 0 Å². The van der Waals surface area contributed by atoms with E-state index < -0.39 is 19.1 Å². The van der Waals surface area contributed by atoms with Crippen LogP contribution in [0.4, 0.5) is 0 Å². The van der Waals surface area contributed by atoms with Crippen molar-refractivity contribution < 1.29 is 19.9 Å². The summed E-state index contributed by atoms with van der Waals surface area (Å²) in [5.41, 5.74) is 5.04. The van der Waals surface area contributed by atoms with Gasteiger partial charge >= 0.3 is 13.1 Å². The molecule has 0 saturated heterocycles. The second kappa shape index (κ2) is 6.42. The van der Waals surface area contributed by atoms with Gasteiger partial charge in [0, 0.05) is 0 Å². The molecule has 0 aliphatic rings. The van der Waals surface area contributed by atoms with Crippen molar-refractivity contribution in [2.45, 2.75) is 18.8 Å². The first-order chi connectivity index (χ1) is 4.54. The van der Waals surface area contributed by atoms with Gasteiger partial charge in [-0.1, -0.05) is 0 Å². The number of aliphatic carboxylic acids is 1. The van der Waals surface area contributed by atoms with E-state index in [-0.39, 0.29) is 25.1 Å². The Balaban J connectivity index is 0. The monoisotopic (exact) mass is 183 g/mol. The lowest BCUT2D eigenvalue weighted by molar-refractivity contribution is -0.138. The number of carboxylic acid groups (broad SMARTS) is 1. The zero-order valence-corrected chi connectivity index (χ0v) is 6.62. The summed E-state index contributed by atoms with van der Waals surface area (Å²) in [5.74, 6) is -1.12. The summed E-state index contributed by atoms with van der Waals surface area (Å²) in [5, 5.41) is 24.8. The molecule has 0 aromatic heterocycles. The Hall–Kier alpha value is -0.295. The number of halogens is 1. The minimum absolute atomic E-state index is 0. The molecule has 0 aliphatic heterocycles. The summed E-state index contributed by atoms with van der Waals surface area (Å²) in [7, 11) is -1.47. The Kier molecular flexibility index (Phi) is 7.76. The van der Waals surface area contributed by atoms with Crippen LogP contribution in [0.3, 0.4) is 0 Å². The number of carbonyl (C=O) groups is 1. The Bertz CT molecular complexity index is 123. The Labute approximate surface area is 70.8 Å². The third kappa shape index (κ3) is 7.60. The van der Waals surface area contributed by atoms with Crippen molar-refractivity contribution in [1.82, 2.24) is 0 Å². The predicted octanol–water partition coefficient (Wildman–Crippen LogP) is -1.32. The van der Waals surface area contributed by atoms with E-state index in [1.807, 2.05) is 0 Å². The maximum Gasteiger partial charge on any atom is 0.451 e. The Morgan fingerprint density at radius 1 is 1.55 bits per heavy atom. The first-order valence-electron chi connectivity index (χ1n) is 2.88. The van der Waals surface area contributed by atoms with Gasteiger partial charge in [0.1, 0.15) is 6.04 Å². The average Bonchev–Trinajstić information content (AvgIpc) is 1.82. The molecule has 0 aromatic carbocycles. The molecular weight excluding hydrogens is 172 g/mol. The molecule has 0 saturated carbocycles. The molecule has 5 N–H and O–H groups in total. The first-order valence-corrected chi connectivity index (χ1v) is 2.88. The highest BCUT2D eigenvalue weighted by Gasteiger charge is 2.15. The molecule has 0 fully saturated rings. The van der Waals surface area contributed by atoms with E-state index in [1.54, 1.807) is 0 Å². The van der Waals surface area contributed by atoms with Gasteiger partial charge < -0.3 is 20.9 Å². The number of nitrogens with two attached hydrogens (primary N) is 1. The second-order valence-electron chi connectivity index (χ2n) is 2.00. The van der Waals surface area contributed by atoms with Gasteiger partial charge in [-0.15, -0.1) is 12.4 Å². The van der Waals surface area contributed by atoms with Gasteiger partial charge in [0.2, 0.25) is 0 Å². The van der Waals surface area contributed by atoms with E-state index in [2.05, 4.69) is 0 Å². The molecule has 0 unspecified atom stereocenters. The van der Waals surface area contributed by atoms with Crippen LogP contribution in [0, 0.1) is 0 Å². The van der Waals surface area contributed by atoms with Crippen LogP contribution in [0.2, 0.25) is 6.32 Å². The highest BCUT2D eigenvalue weighted by atomic mass is 35.5. The standard InChI is InChI=1S/C4H10BNO4.ClH/c6-3(4(7)8)1-2-5(9)10;/h3,9-10H,1-2,6H2,(H,7,8);1H/t3-;/m1./s1. The molecule has 0 heterocycles. The number of carboxylic acids is 1. The Morgan fingerprint density at radius 3 is 2.27 bits per heavy atom. The van der Waals surface area contributed by atoms with Crippen molar-refractivity contribution in [1.29, 1.82) is 0 Å². The minimum atomic E-state index is -1.47. The molecule has 1 atom stereocenters. The smallest absolute Gasteiger partial charge is 0.451 e. The van der Waals surface area contributed by atoms with E-state index in [4.69, 9.17) is 20.9 Å². The zero-order chi connectivity index (χ0) is 8.15. The number of hydrogen-bond donors (Lipinski definition) is 4. The molecular formula is C4H11BClNO4. The van der Waals surface area contributed by atoms with Crippen molar-refractivity contribution >= 4 is 25.5 Å². The maximum atomic E-state index is 10.0. The van der Waals surface area contributed by atoms with E-state index in [0.717, 1.165) is 0 Å². The SMILES string of the molecule is Cl.N[C@H](CCB(O)O)C(=O)O. The van der Waals surface area contributed by atoms with Crippen molar-refractivity contribution in [3.63, 3.8) is 0 Å². The molecule has 0 radical (unpaired) electrons. The van der Waals surface area contributed by atoms with Gasteiger partial charge in [0.25, 0.3) is 0 Å². The van der Waals surface area contributed by atoms with Crippen LogP contribution >= 0.6 is 12.4 Å². The first kappa shape index (κ1) is 13.3. The van der Waals surface area contributed by atoms with Crippen LogP contribution in [-0.4, -0.2) is 34.3 Å². The molecule has 0 rings (SSSR count). The topological polar surface area (TPSA) is 104 Å². The normalized spacial score (nSPS) is 11.5. The van der Waals surface area contributed by atoms with Crippen LogP contribution in [0.5, 0.6) is 0 Å². The van der Waals surface area contributed by atoms with Crippen LogP contribution in [0.1, 0.15) is 6.42 Å². The van der Waals surface area contributed by atoms with Gasteiger partial charge in [0.05, 0.1) is 0 Å². The zero-order valence-electron chi connectivity index (χ0n) is 5.80. The van der Waals surface area contributed by atoms with Gasteiger partial charge in [0.15, 0.2) is 0 Å². The predicted molar refractivity (Wildman–Crippen MR) is 42.5 cm³/mol. The molecule has 0 aliphatic carbocycles. The molecule has 11 heavy (non-hydrogen) atoms. The molecule has 0 amide bonds. The lowest BCUT2D eigenvalue weighted by atomic mass is 9.83. The third-order valence-corrected chi connectivity index (χ3v) is 1.05. The summed E-state index contributed by atoms with van der Waals surface area (Å²) >= 11 is 0. The molecule has 0 spiro atoms. The van der Waals surface area contributed by atoms with Gasteiger partial charge in [-0.3, -0.25) is 4.79 Å². The molecule has 7 heteroatoms. The average molecular weight is 183 g/mol. The van der Waals surface area contributed by atoms with Gasteiger partial charge in [-0.05, 0) is 12.7 Å². The van der Waals surface area contributed by atoms with Crippen molar-refractivity contribution in [3.05, 3.63) is 0 Å². The molecule has 66 valence electrons. The van der Waals surface area contributed by atoms with E-state index >= 15 is 0 Å². The van der Waals surface area contributed by atoms with Crippen LogP contribution in [0.15, 0.2) is 0 Å². The Morgan fingerprint density at radius 2 is 2.00 bits per heavy atom. The van der Waals surface area contributed by atoms with E-state index in [0.29, 0.717) is 0 Å². The summed E-state index contributed by atoms with van der Waals surface area (Å²) in [6.45, 7) is 0. The molecule has 0 bridgehead atoms. The number of hydrogen-bond acceptors (Lipinski definition) is 4. The lowest BCUT2D eigenvalue weighted by Crippen LogP contribution is -2.31. The van der Waals surface area contributed by atoms with Crippen LogP contribution in [-0.2, 0) is 4.79 Å². The summed E-state index contributed by atoms with van der Waals surface area (Å²) in [6.07, 6.45) is 0.0699. The fraction of sp³-hybridized carbons (Fsp3) is 0.750. The quantitative estimate of drug-likeness (QED) is 0.405. The fourth-order valence-electron chi connectivity index (χ4n) is 0.452. The fourth-order valence-corrected chi connectivity index (χ4v) is 0.452. The highest BCUT2D eigenvalue weighted by Crippen LogP contribution is 1.96. The largest absolute Gasteiger partial charge is 0.480 e. The summed E-state index contributed by atoms with van der Waals surface area (Å²) in [4.78, 5) is 10.0. The summed E-state index contributed by atoms with van der Waals surface area (Å²) in [6, 6.07) is -0.998. The van der Waals surface area contributed by atoms with Crippen LogP contribution < -0.4 is 5.73 Å². The molecule has 0 aromatic rings. The third-order valence-electron chi connectivity index (χ3n) is 1.05. The molecule has 5 nitrogen and oxygen atoms in total. The summed E-state index contributed by atoms with van der Waals surface area (Å²) < 4.78 is 0. The second-order valence-corrected chi connectivity index (χ2v) is 2.00. The van der Waals surface area contributed by atoms with Crippen molar-refractivity contribution in [3.8, 4) is 0 Å². The number of rotatable bonds is 4. The van der Waals surface area contributed by atoms with Gasteiger partial charge in [-0.25, -0.2) is 0 Å². The highest BCUT2D eigenvalue weighted by molar-refractivity contribution is 6.40. The van der Waals surface area contributed by atoms with Gasteiger partial charge in [-0.2, -0.15) is 0 Å². The van der Waals surface area contributed by atoms with E-state index in [9.17, 15) is 4.79 Å². The van der Waals surface area contributed by atoms with Crippen molar-refractivity contribution in [2.24, 2.45) is 5.73 Å². The minimum Gasteiger partial charge on any atom is -0.480 e. The maximum absolute atomic E-state index is 10.0. The van der Waals surface area contributed by atoms with Crippen LogP contribution in [0.25, 0.3) is 0 Å².